The maximum atomic E-state index is 12.0. The van der Waals surface area contributed by atoms with Crippen LogP contribution >= 0.6 is 0 Å². The molecular weight excluding hydrogens is 360 g/mol. The summed E-state index contributed by atoms with van der Waals surface area (Å²) in [6.07, 6.45) is 0. The Morgan fingerprint density at radius 2 is 1.96 bits per heavy atom. The molecule has 0 fully saturated rings. The quantitative estimate of drug-likeness (QED) is 0.676. The first-order valence-corrected chi connectivity index (χ1v) is 8.97. The zero-order chi connectivity index (χ0) is 19.3. The van der Waals surface area contributed by atoms with Crippen molar-refractivity contribution in [1.29, 1.82) is 0 Å². The van der Waals surface area contributed by atoms with Crippen LogP contribution in [0.15, 0.2) is 59.1 Å². The second kappa shape index (κ2) is 8.14. The summed E-state index contributed by atoms with van der Waals surface area (Å²) in [7, 11) is 0. The van der Waals surface area contributed by atoms with Crippen molar-refractivity contribution >= 4 is 5.91 Å². The average molecular weight is 380 g/mol. The molecule has 0 spiro atoms. The van der Waals surface area contributed by atoms with Gasteiger partial charge in [0.05, 0.1) is 12.6 Å². The minimum absolute atomic E-state index is 0.0522. The van der Waals surface area contributed by atoms with Gasteiger partial charge in [-0.1, -0.05) is 35.5 Å². The lowest BCUT2D eigenvalue weighted by Crippen LogP contribution is -2.30. The van der Waals surface area contributed by atoms with Crippen LogP contribution in [0, 0.1) is 0 Å². The molecule has 144 valence electrons. The Hall–Kier alpha value is -3.32. The van der Waals surface area contributed by atoms with Crippen LogP contribution in [0.2, 0.25) is 0 Å². The summed E-state index contributed by atoms with van der Waals surface area (Å²) in [6, 6.07) is 17.0. The van der Waals surface area contributed by atoms with E-state index in [9.17, 15) is 4.79 Å². The van der Waals surface area contributed by atoms with Gasteiger partial charge < -0.3 is 24.1 Å². The number of amides is 1. The number of nitrogens with zero attached hydrogens (tertiary/aromatic N) is 1. The number of rotatable bonds is 7. The molecule has 0 aliphatic carbocycles. The van der Waals surface area contributed by atoms with E-state index in [-0.39, 0.29) is 32.0 Å². The molecule has 1 amide bonds. The van der Waals surface area contributed by atoms with Gasteiger partial charge >= 0.3 is 0 Å². The van der Waals surface area contributed by atoms with E-state index in [1.807, 2.05) is 55.5 Å². The van der Waals surface area contributed by atoms with E-state index in [1.54, 1.807) is 6.07 Å². The molecule has 2 heterocycles. The van der Waals surface area contributed by atoms with Crippen molar-refractivity contribution in [2.45, 2.75) is 19.6 Å². The molecule has 1 aliphatic rings. The van der Waals surface area contributed by atoms with Crippen molar-refractivity contribution in [2.24, 2.45) is 0 Å². The van der Waals surface area contributed by atoms with Crippen LogP contribution in [0.5, 0.6) is 11.5 Å². The zero-order valence-corrected chi connectivity index (χ0v) is 15.4. The Morgan fingerprint density at radius 1 is 1.14 bits per heavy atom. The molecule has 7 nitrogen and oxygen atoms in total. The van der Waals surface area contributed by atoms with E-state index in [4.69, 9.17) is 18.7 Å². The predicted molar refractivity (Wildman–Crippen MR) is 101 cm³/mol. The lowest BCUT2D eigenvalue weighted by atomic mass is 10.1. The summed E-state index contributed by atoms with van der Waals surface area (Å²) in [6.45, 7) is 2.28. The molecule has 1 aromatic heterocycles. The molecule has 0 bridgehead atoms. The molecule has 4 rings (SSSR count). The van der Waals surface area contributed by atoms with Crippen LogP contribution in [0.25, 0.3) is 11.3 Å². The summed E-state index contributed by atoms with van der Waals surface area (Å²) in [5.74, 6) is 1.80. The van der Waals surface area contributed by atoms with E-state index in [0.29, 0.717) is 23.0 Å². The summed E-state index contributed by atoms with van der Waals surface area (Å²) in [4.78, 5) is 12.0. The Kier molecular flexibility index (Phi) is 5.25. The fraction of sp³-hybridized carbons (Fsp3) is 0.238. The minimum Gasteiger partial charge on any atom is -0.454 e. The SMILES string of the molecule is C[C@H](NC(=O)COCc1cc(-c2ccc3c(c2)OCO3)on1)c1ccccc1. The number of nitrogens with one attached hydrogen (secondary N) is 1. The predicted octanol–water partition coefficient (Wildman–Crippen LogP) is 3.46. The number of aromatic nitrogens is 1. The van der Waals surface area contributed by atoms with E-state index >= 15 is 0 Å². The molecule has 3 aromatic rings. The molecule has 2 aromatic carbocycles. The lowest BCUT2D eigenvalue weighted by Gasteiger charge is -2.14. The smallest absolute Gasteiger partial charge is 0.246 e. The second-order valence-electron chi connectivity index (χ2n) is 6.44. The lowest BCUT2D eigenvalue weighted by molar-refractivity contribution is -0.126. The standard InChI is InChI=1S/C21H20N2O5/c1-14(15-5-3-2-4-6-15)22-21(24)12-25-11-17-10-19(28-23-17)16-7-8-18-20(9-16)27-13-26-18/h2-10,14H,11-13H2,1H3,(H,22,24)/t14-/m0/s1. The van der Waals surface area contributed by atoms with Crippen molar-refractivity contribution in [3.63, 3.8) is 0 Å². The molecule has 28 heavy (non-hydrogen) atoms. The maximum absolute atomic E-state index is 12.0. The van der Waals surface area contributed by atoms with Crippen molar-refractivity contribution in [3.8, 4) is 22.8 Å². The Balaban J connectivity index is 1.27. The highest BCUT2D eigenvalue weighted by molar-refractivity contribution is 5.77. The Morgan fingerprint density at radius 3 is 2.82 bits per heavy atom. The highest BCUT2D eigenvalue weighted by Gasteiger charge is 2.16. The van der Waals surface area contributed by atoms with Gasteiger partial charge in [-0.3, -0.25) is 4.79 Å². The maximum Gasteiger partial charge on any atom is 0.246 e. The summed E-state index contributed by atoms with van der Waals surface area (Å²) < 4.78 is 21.5. The van der Waals surface area contributed by atoms with E-state index in [1.165, 1.54) is 0 Å². The molecule has 0 unspecified atom stereocenters. The first kappa shape index (κ1) is 18.1. The van der Waals surface area contributed by atoms with Crippen LogP contribution in [0.1, 0.15) is 24.2 Å². The third-order valence-electron chi connectivity index (χ3n) is 4.38. The summed E-state index contributed by atoms with van der Waals surface area (Å²) in [5, 5.41) is 6.89. The van der Waals surface area contributed by atoms with Gasteiger partial charge in [0.2, 0.25) is 12.7 Å². The third-order valence-corrected chi connectivity index (χ3v) is 4.38. The first-order chi connectivity index (χ1) is 13.7. The van der Waals surface area contributed by atoms with Gasteiger partial charge in [-0.15, -0.1) is 0 Å². The molecule has 7 heteroatoms. The number of ether oxygens (including phenoxy) is 3. The number of fused-ring (bicyclic) bond motifs is 1. The normalized spacial score (nSPS) is 13.3. The summed E-state index contributed by atoms with van der Waals surface area (Å²) in [5.41, 5.74) is 2.48. The number of carbonyl (C=O) groups excluding carboxylic acids is 1. The monoisotopic (exact) mass is 380 g/mol. The summed E-state index contributed by atoms with van der Waals surface area (Å²) >= 11 is 0. The molecule has 1 aliphatic heterocycles. The Bertz CT molecular complexity index is 954. The van der Waals surface area contributed by atoms with Crippen molar-refractivity contribution in [1.82, 2.24) is 10.5 Å². The van der Waals surface area contributed by atoms with Crippen LogP contribution in [0.4, 0.5) is 0 Å². The van der Waals surface area contributed by atoms with E-state index < -0.39 is 0 Å². The number of hydrogen-bond acceptors (Lipinski definition) is 6. The second-order valence-corrected chi connectivity index (χ2v) is 6.44. The van der Waals surface area contributed by atoms with E-state index in [0.717, 1.165) is 11.1 Å². The third kappa shape index (κ3) is 4.15. The highest BCUT2D eigenvalue weighted by atomic mass is 16.7. The first-order valence-electron chi connectivity index (χ1n) is 8.97. The molecule has 0 saturated heterocycles. The number of carbonyl (C=O) groups is 1. The van der Waals surface area contributed by atoms with Gasteiger partial charge in [0.25, 0.3) is 0 Å². The van der Waals surface area contributed by atoms with Gasteiger partial charge in [-0.25, -0.2) is 0 Å². The Labute approximate surface area is 162 Å². The zero-order valence-electron chi connectivity index (χ0n) is 15.4. The highest BCUT2D eigenvalue weighted by Crippen LogP contribution is 2.36. The van der Waals surface area contributed by atoms with Crippen LogP contribution in [-0.2, 0) is 16.1 Å². The number of hydrogen-bond donors (Lipinski definition) is 1. The van der Waals surface area contributed by atoms with Gasteiger partial charge in [0, 0.05) is 11.6 Å². The molecule has 0 saturated carbocycles. The molecular formula is C21H20N2O5. The fourth-order valence-electron chi connectivity index (χ4n) is 2.92. The molecule has 1 atom stereocenters. The van der Waals surface area contributed by atoms with E-state index in [2.05, 4.69) is 10.5 Å². The van der Waals surface area contributed by atoms with Crippen molar-refractivity contribution in [2.75, 3.05) is 13.4 Å². The van der Waals surface area contributed by atoms with Crippen LogP contribution in [-0.4, -0.2) is 24.5 Å². The van der Waals surface area contributed by atoms with Gasteiger partial charge in [-0.05, 0) is 30.7 Å². The van der Waals surface area contributed by atoms with Gasteiger partial charge in [0.1, 0.15) is 12.3 Å². The largest absolute Gasteiger partial charge is 0.454 e. The molecule has 1 N–H and O–H groups in total. The fourth-order valence-corrected chi connectivity index (χ4v) is 2.92. The average Bonchev–Trinajstić information content (AvgIpc) is 3.37. The number of benzene rings is 2. The molecule has 0 radical (unpaired) electrons. The van der Waals surface area contributed by atoms with Gasteiger partial charge in [0.15, 0.2) is 17.3 Å². The van der Waals surface area contributed by atoms with Crippen molar-refractivity contribution < 1.29 is 23.5 Å². The topological polar surface area (TPSA) is 82.8 Å². The van der Waals surface area contributed by atoms with Crippen LogP contribution in [0.3, 0.4) is 0 Å². The van der Waals surface area contributed by atoms with Gasteiger partial charge in [-0.2, -0.15) is 0 Å². The van der Waals surface area contributed by atoms with Crippen molar-refractivity contribution in [3.05, 3.63) is 65.9 Å². The van der Waals surface area contributed by atoms with Crippen LogP contribution < -0.4 is 14.8 Å². The minimum atomic E-state index is -0.184.